The van der Waals surface area contributed by atoms with Crippen molar-refractivity contribution in [3.63, 3.8) is 0 Å². The molecule has 0 radical (unpaired) electrons. The van der Waals surface area contributed by atoms with E-state index in [1.807, 2.05) is 0 Å². The van der Waals surface area contributed by atoms with Gasteiger partial charge in [0, 0.05) is 0 Å². The lowest BCUT2D eigenvalue weighted by Gasteiger charge is -2.26. The van der Waals surface area contributed by atoms with Crippen LogP contribution < -0.4 is 0 Å². The van der Waals surface area contributed by atoms with Crippen LogP contribution in [0.15, 0.2) is 0 Å². The molecule has 3 fully saturated rings. The minimum absolute atomic E-state index is 0.00810. The van der Waals surface area contributed by atoms with Gasteiger partial charge in [0.25, 0.3) is 0 Å². The summed E-state index contributed by atoms with van der Waals surface area (Å²) < 4.78 is 26.5. The summed E-state index contributed by atoms with van der Waals surface area (Å²) in [6.45, 7) is 1.21. The van der Waals surface area contributed by atoms with Crippen molar-refractivity contribution in [2.45, 2.75) is 24.6 Å². The molecule has 3 saturated heterocycles. The molecule has 3 heterocycles. The summed E-state index contributed by atoms with van der Waals surface area (Å²) in [5.41, 5.74) is 0. The number of rotatable bonds is 0. The average molecular weight is 174 g/mol. The largest absolute Gasteiger partial charge is 0.353 e. The molecule has 0 aromatic carbocycles. The Balaban J connectivity index is 1.79. The van der Waals surface area contributed by atoms with Gasteiger partial charge in [0.15, 0.2) is 13.1 Å². The van der Waals surface area contributed by atoms with Gasteiger partial charge in [-0.15, -0.1) is 0 Å². The fraction of sp³-hybridized carbons (Fsp3) is 1.00. The van der Waals surface area contributed by atoms with E-state index >= 15 is 0 Å². The molecule has 68 valence electrons. The van der Waals surface area contributed by atoms with Crippen molar-refractivity contribution in [3.05, 3.63) is 0 Å². The highest BCUT2D eigenvalue weighted by molar-refractivity contribution is 4.91. The van der Waals surface area contributed by atoms with Crippen LogP contribution in [-0.2, 0) is 23.7 Å². The molecular formula is C7H10O5. The molecule has 12 heavy (non-hydrogen) atoms. The van der Waals surface area contributed by atoms with E-state index in [0.29, 0.717) is 20.2 Å². The van der Waals surface area contributed by atoms with Gasteiger partial charge in [0.05, 0.1) is 6.61 Å². The quantitative estimate of drug-likeness (QED) is 0.493. The second-order valence-corrected chi connectivity index (χ2v) is 3.08. The minimum atomic E-state index is -0.248. The van der Waals surface area contributed by atoms with Crippen LogP contribution in [0.2, 0.25) is 0 Å². The van der Waals surface area contributed by atoms with Gasteiger partial charge >= 0.3 is 0 Å². The van der Waals surface area contributed by atoms with Crippen LogP contribution in [0.3, 0.4) is 0 Å². The van der Waals surface area contributed by atoms with Gasteiger partial charge in [0.2, 0.25) is 0 Å². The highest BCUT2D eigenvalue weighted by atomic mass is 16.8. The Labute approximate surface area is 69.5 Å². The standard InChI is InChI=1S/C7H10O5/c1-4-5(9-2-8-1)6-7(12-4)11-3-10-6/h4-7H,1-3H2/t4-,5+,6+,7-/m1/s1. The van der Waals surface area contributed by atoms with Crippen LogP contribution in [0.1, 0.15) is 0 Å². The Morgan fingerprint density at radius 1 is 0.917 bits per heavy atom. The number of ether oxygens (including phenoxy) is 5. The van der Waals surface area contributed by atoms with Crippen molar-refractivity contribution in [3.8, 4) is 0 Å². The Kier molecular flexibility index (Phi) is 1.59. The van der Waals surface area contributed by atoms with E-state index in [2.05, 4.69) is 0 Å². The molecule has 0 spiro atoms. The first-order valence-corrected chi connectivity index (χ1v) is 4.03. The maximum Gasteiger partial charge on any atom is 0.189 e. The molecule has 0 amide bonds. The minimum Gasteiger partial charge on any atom is -0.353 e. The molecule has 0 saturated carbocycles. The number of hydrogen-bond donors (Lipinski definition) is 0. The maximum absolute atomic E-state index is 5.49. The molecular weight excluding hydrogens is 164 g/mol. The van der Waals surface area contributed by atoms with Crippen molar-refractivity contribution in [2.24, 2.45) is 0 Å². The van der Waals surface area contributed by atoms with Gasteiger partial charge in [-0.3, -0.25) is 0 Å². The predicted octanol–water partition coefficient (Wildman–Crippen LogP) is -0.543. The van der Waals surface area contributed by atoms with Crippen LogP contribution >= 0.6 is 0 Å². The molecule has 0 aromatic rings. The zero-order chi connectivity index (χ0) is 7.97. The Hall–Kier alpha value is -0.200. The third-order valence-corrected chi connectivity index (χ3v) is 2.39. The van der Waals surface area contributed by atoms with E-state index in [0.717, 1.165) is 0 Å². The fourth-order valence-electron chi connectivity index (χ4n) is 1.81. The van der Waals surface area contributed by atoms with E-state index in [1.54, 1.807) is 0 Å². The maximum atomic E-state index is 5.49. The van der Waals surface area contributed by atoms with Crippen LogP contribution in [0.5, 0.6) is 0 Å². The van der Waals surface area contributed by atoms with Gasteiger partial charge in [-0.25, -0.2) is 0 Å². The highest BCUT2D eigenvalue weighted by Gasteiger charge is 2.51. The molecule has 3 aliphatic rings. The summed E-state index contributed by atoms with van der Waals surface area (Å²) in [4.78, 5) is 0. The zero-order valence-electron chi connectivity index (χ0n) is 6.47. The lowest BCUT2D eigenvalue weighted by Crippen LogP contribution is -2.41. The molecule has 3 aliphatic heterocycles. The van der Waals surface area contributed by atoms with Gasteiger partial charge in [-0.2, -0.15) is 0 Å². The van der Waals surface area contributed by atoms with Crippen LogP contribution in [0.25, 0.3) is 0 Å². The van der Waals surface area contributed by atoms with Crippen molar-refractivity contribution in [1.82, 2.24) is 0 Å². The summed E-state index contributed by atoms with van der Waals surface area (Å²) in [5, 5.41) is 0. The van der Waals surface area contributed by atoms with Crippen LogP contribution in [0, 0.1) is 0 Å². The monoisotopic (exact) mass is 174 g/mol. The predicted molar refractivity (Wildman–Crippen MR) is 35.2 cm³/mol. The molecule has 4 atom stereocenters. The van der Waals surface area contributed by atoms with Crippen molar-refractivity contribution < 1.29 is 23.7 Å². The van der Waals surface area contributed by atoms with Crippen molar-refractivity contribution in [2.75, 3.05) is 20.2 Å². The molecule has 0 N–H and O–H groups in total. The van der Waals surface area contributed by atoms with Crippen molar-refractivity contribution >= 4 is 0 Å². The Bertz CT molecular complexity index is 185. The topological polar surface area (TPSA) is 46.2 Å². The average Bonchev–Trinajstić information content (AvgIpc) is 2.62. The second kappa shape index (κ2) is 2.65. The molecule has 5 nitrogen and oxygen atoms in total. The number of hydrogen-bond acceptors (Lipinski definition) is 5. The van der Waals surface area contributed by atoms with Gasteiger partial charge in [0.1, 0.15) is 25.1 Å². The van der Waals surface area contributed by atoms with Gasteiger partial charge in [-0.1, -0.05) is 0 Å². The normalized spacial score (nSPS) is 52.0. The molecule has 0 aliphatic carbocycles. The first-order valence-electron chi connectivity index (χ1n) is 4.03. The summed E-state index contributed by atoms with van der Waals surface area (Å²) in [7, 11) is 0. The summed E-state index contributed by atoms with van der Waals surface area (Å²) in [6.07, 6.45) is -0.333. The van der Waals surface area contributed by atoms with Gasteiger partial charge in [-0.05, 0) is 0 Å². The van der Waals surface area contributed by atoms with E-state index in [4.69, 9.17) is 23.7 Å². The van der Waals surface area contributed by atoms with Crippen LogP contribution in [0.4, 0.5) is 0 Å². The SMILES string of the molecule is C1O[C@@H]2O[C@@H]3COCO[C@@H]3[C@@H]2O1. The Morgan fingerprint density at radius 2 is 1.83 bits per heavy atom. The van der Waals surface area contributed by atoms with Crippen molar-refractivity contribution in [1.29, 1.82) is 0 Å². The lowest BCUT2D eigenvalue weighted by molar-refractivity contribution is -0.213. The molecule has 5 heteroatoms. The third-order valence-electron chi connectivity index (χ3n) is 2.39. The van der Waals surface area contributed by atoms with Gasteiger partial charge < -0.3 is 23.7 Å². The van der Waals surface area contributed by atoms with E-state index in [-0.39, 0.29) is 24.6 Å². The molecule has 0 aromatic heterocycles. The lowest BCUT2D eigenvalue weighted by atomic mass is 10.1. The highest BCUT2D eigenvalue weighted by Crippen LogP contribution is 2.32. The third kappa shape index (κ3) is 0.915. The molecule has 0 bridgehead atoms. The molecule has 0 unspecified atom stereocenters. The zero-order valence-corrected chi connectivity index (χ0v) is 6.47. The van der Waals surface area contributed by atoms with Crippen LogP contribution in [-0.4, -0.2) is 44.8 Å². The Morgan fingerprint density at radius 3 is 2.83 bits per heavy atom. The second-order valence-electron chi connectivity index (χ2n) is 3.08. The first kappa shape index (κ1) is 7.23. The number of fused-ring (bicyclic) bond motifs is 3. The fourth-order valence-corrected chi connectivity index (χ4v) is 1.81. The first-order chi connectivity index (χ1) is 5.95. The van der Waals surface area contributed by atoms with E-state index < -0.39 is 0 Å². The smallest absolute Gasteiger partial charge is 0.189 e. The van der Waals surface area contributed by atoms with E-state index in [9.17, 15) is 0 Å². The summed E-state index contributed by atoms with van der Waals surface area (Å²) in [6, 6.07) is 0. The summed E-state index contributed by atoms with van der Waals surface area (Å²) >= 11 is 0. The molecule has 3 rings (SSSR count). The van der Waals surface area contributed by atoms with E-state index in [1.165, 1.54) is 0 Å². The summed E-state index contributed by atoms with van der Waals surface area (Å²) in [5.74, 6) is 0.